The van der Waals surface area contributed by atoms with Gasteiger partial charge < -0.3 is 14.2 Å². The number of rotatable bonds is 7. The second kappa shape index (κ2) is 9.82. The van der Waals surface area contributed by atoms with Crippen LogP contribution in [0.3, 0.4) is 0 Å². The van der Waals surface area contributed by atoms with Gasteiger partial charge in [0.1, 0.15) is 13.2 Å². The van der Waals surface area contributed by atoms with E-state index in [2.05, 4.69) is 20.7 Å². The molecule has 2 amide bonds. The van der Waals surface area contributed by atoms with Gasteiger partial charge in [-0.05, 0) is 41.6 Å². The van der Waals surface area contributed by atoms with Crippen LogP contribution in [0.5, 0.6) is 11.5 Å². The molecule has 9 heteroatoms. The highest BCUT2D eigenvalue weighted by Gasteiger charge is 2.36. The zero-order chi connectivity index (χ0) is 21.7. The van der Waals surface area contributed by atoms with Gasteiger partial charge in [0.2, 0.25) is 0 Å². The first-order valence-corrected chi connectivity index (χ1v) is 10.4. The van der Waals surface area contributed by atoms with Gasteiger partial charge in [-0.2, -0.15) is 0 Å². The number of benzene rings is 2. The van der Waals surface area contributed by atoms with E-state index in [1.807, 2.05) is 24.3 Å². The molecule has 0 saturated carbocycles. The average molecular weight is 492 g/mol. The van der Waals surface area contributed by atoms with E-state index in [-0.39, 0.29) is 11.5 Å². The quantitative estimate of drug-likeness (QED) is 0.422. The third kappa shape index (κ3) is 5.03. The highest BCUT2D eigenvalue weighted by atomic mass is 79.9. The van der Waals surface area contributed by atoms with Crippen molar-refractivity contribution in [2.24, 2.45) is 0 Å². The lowest BCUT2D eigenvalue weighted by Gasteiger charge is -2.14. The molecule has 2 aromatic carbocycles. The maximum atomic E-state index is 12.6. The molecule has 1 fully saturated rings. The van der Waals surface area contributed by atoms with Crippen molar-refractivity contribution in [3.8, 4) is 11.5 Å². The van der Waals surface area contributed by atoms with Crippen LogP contribution in [0.2, 0.25) is 0 Å². The minimum Gasteiger partial charge on any atom is -0.493 e. The molecule has 0 unspecified atom stereocenters. The molecule has 0 atom stereocenters. The van der Waals surface area contributed by atoms with Gasteiger partial charge in [0, 0.05) is 10.0 Å². The third-order valence-electron chi connectivity index (χ3n) is 4.20. The Balaban J connectivity index is 1.86. The lowest BCUT2D eigenvalue weighted by molar-refractivity contribution is -0.143. The van der Waals surface area contributed by atoms with Crippen molar-refractivity contribution in [3.05, 3.63) is 63.0 Å². The number of carbonyl (C=O) groups excluding carboxylic acids is 3. The van der Waals surface area contributed by atoms with Crippen molar-refractivity contribution < 1.29 is 28.6 Å². The maximum absolute atomic E-state index is 12.6. The predicted molar refractivity (Wildman–Crippen MR) is 116 cm³/mol. The Morgan fingerprint density at radius 2 is 1.87 bits per heavy atom. The van der Waals surface area contributed by atoms with Crippen molar-refractivity contribution in [2.45, 2.75) is 6.61 Å². The van der Waals surface area contributed by atoms with Crippen LogP contribution in [0.25, 0.3) is 6.08 Å². The highest BCUT2D eigenvalue weighted by molar-refractivity contribution is 9.10. The Hall–Kier alpha value is -2.78. The fourth-order valence-electron chi connectivity index (χ4n) is 2.67. The molecule has 1 saturated heterocycles. The van der Waals surface area contributed by atoms with Crippen molar-refractivity contribution in [3.63, 3.8) is 0 Å². The average Bonchev–Trinajstić information content (AvgIpc) is 3.01. The number of ether oxygens (including phenoxy) is 3. The van der Waals surface area contributed by atoms with E-state index in [1.54, 1.807) is 24.3 Å². The summed E-state index contributed by atoms with van der Waals surface area (Å²) in [5.74, 6) is -0.284. The zero-order valence-electron chi connectivity index (χ0n) is 16.2. The standard InChI is InChI=1S/C21H18BrNO6S/c1-27-16-5-3-4-14(19(16)29-12-13-6-8-15(22)9-7-13)10-17-20(25)23(21(26)30-17)11-18(24)28-2/h3-10H,11-12H2,1-2H3/b17-10-. The second-order valence-corrected chi connectivity index (χ2v) is 8.05. The third-order valence-corrected chi connectivity index (χ3v) is 5.64. The van der Waals surface area contributed by atoms with Gasteiger partial charge in [0.25, 0.3) is 11.1 Å². The number of hydrogen-bond acceptors (Lipinski definition) is 7. The molecular formula is C21H18BrNO6S. The number of halogens is 1. The van der Waals surface area contributed by atoms with Gasteiger partial charge in [0.15, 0.2) is 11.5 Å². The summed E-state index contributed by atoms with van der Waals surface area (Å²) in [6, 6.07) is 13.0. The number of nitrogens with zero attached hydrogens (tertiary/aromatic N) is 1. The minimum absolute atomic E-state index is 0.186. The largest absolute Gasteiger partial charge is 0.493 e. The van der Waals surface area contributed by atoms with Crippen LogP contribution < -0.4 is 9.47 Å². The lowest BCUT2D eigenvalue weighted by Crippen LogP contribution is -2.34. The van der Waals surface area contributed by atoms with Crippen LogP contribution in [0.1, 0.15) is 11.1 Å². The molecule has 0 aromatic heterocycles. The molecule has 156 valence electrons. The topological polar surface area (TPSA) is 82.1 Å². The Bertz CT molecular complexity index is 1010. The molecule has 0 N–H and O–H groups in total. The van der Waals surface area contributed by atoms with Crippen LogP contribution in [-0.2, 0) is 20.9 Å². The molecule has 0 spiro atoms. The van der Waals surface area contributed by atoms with Gasteiger partial charge >= 0.3 is 5.97 Å². The number of carbonyl (C=O) groups is 3. The predicted octanol–water partition coefficient (Wildman–Crippen LogP) is 4.25. The Morgan fingerprint density at radius 3 is 2.53 bits per heavy atom. The SMILES string of the molecule is COC(=O)CN1C(=O)S/C(=C\c2cccc(OC)c2OCc2ccc(Br)cc2)C1=O. The zero-order valence-corrected chi connectivity index (χ0v) is 18.6. The molecule has 30 heavy (non-hydrogen) atoms. The summed E-state index contributed by atoms with van der Waals surface area (Å²) in [7, 11) is 2.72. The van der Waals surface area contributed by atoms with Crippen LogP contribution in [0, 0.1) is 0 Å². The maximum Gasteiger partial charge on any atom is 0.325 e. The molecule has 1 heterocycles. The van der Waals surface area contributed by atoms with Crippen molar-refractivity contribution in [1.82, 2.24) is 4.90 Å². The first-order chi connectivity index (χ1) is 14.4. The summed E-state index contributed by atoms with van der Waals surface area (Å²) < 4.78 is 16.9. The molecule has 2 aromatic rings. The fraction of sp³-hybridized carbons (Fsp3) is 0.190. The Morgan fingerprint density at radius 1 is 1.13 bits per heavy atom. The number of hydrogen-bond donors (Lipinski definition) is 0. The summed E-state index contributed by atoms with van der Waals surface area (Å²) in [6.07, 6.45) is 1.56. The Labute approximate surface area is 186 Å². The van der Waals surface area contributed by atoms with E-state index in [9.17, 15) is 14.4 Å². The van der Waals surface area contributed by atoms with Crippen molar-refractivity contribution in [2.75, 3.05) is 20.8 Å². The molecule has 7 nitrogen and oxygen atoms in total. The van der Waals surface area contributed by atoms with E-state index in [1.165, 1.54) is 14.2 Å². The van der Waals surface area contributed by atoms with Gasteiger partial charge in [-0.25, -0.2) is 0 Å². The number of methoxy groups -OCH3 is 2. The molecule has 1 aliphatic rings. The smallest absolute Gasteiger partial charge is 0.325 e. The molecule has 3 rings (SSSR count). The number of esters is 1. The van der Waals surface area contributed by atoms with Crippen molar-refractivity contribution >= 4 is 50.9 Å². The van der Waals surface area contributed by atoms with E-state index in [0.717, 1.165) is 26.7 Å². The van der Waals surface area contributed by atoms with Gasteiger partial charge in [-0.3, -0.25) is 19.3 Å². The highest BCUT2D eigenvalue weighted by Crippen LogP contribution is 2.37. The molecular weight excluding hydrogens is 474 g/mol. The molecule has 0 radical (unpaired) electrons. The van der Waals surface area contributed by atoms with Crippen molar-refractivity contribution in [1.29, 1.82) is 0 Å². The molecule has 0 bridgehead atoms. The number of thioether (sulfide) groups is 1. The first-order valence-electron chi connectivity index (χ1n) is 8.79. The lowest BCUT2D eigenvalue weighted by atomic mass is 10.1. The second-order valence-electron chi connectivity index (χ2n) is 6.14. The van der Waals surface area contributed by atoms with Gasteiger partial charge in [-0.15, -0.1) is 0 Å². The number of imide groups is 1. The summed E-state index contributed by atoms with van der Waals surface area (Å²) in [5.41, 5.74) is 1.53. The summed E-state index contributed by atoms with van der Waals surface area (Å²) in [4.78, 5) is 37.2. The van der Waals surface area contributed by atoms with E-state index >= 15 is 0 Å². The van der Waals surface area contributed by atoms with E-state index in [0.29, 0.717) is 17.1 Å². The van der Waals surface area contributed by atoms with E-state index in [4.69, 9.17) is 9.47 Å². The van der Waals surface area contributed by atoms with Gasteiger partial charge in [0.05, 0.1) is 19.1 Å². The fourth-order valence-corrected chi connectivity index (χ4v) is 3.76. The number of amides is 2. The van der Waals surface area contributed by atoms with Crippen LogP contribution in [0.4, 0.5) is 4.79 Å². The van der Waals surface area contributed by atoms with Gasteiger partial charge in [-0.1, -0.05) is 40.2 Å². The monoisotopic (exact) mass is 491 g/mol. The normalized spacial score (nSPS) is 14.9. The minimum atomic E-state index is -0.668. The van der Waals surface area contributed by atoms with Crippen LogP contribution in [-0.4, -0.2) is 42.8 Å². The van der Waals surface area contributed by atoms with Crippen LogP contribution >= 0.6 is 27.7 Å². The Kier molecular flexibility index (Phi) is 7.17. The van der Waals surface area contributed by atoms with E-state index < -0.39 is 23.7 Å². The summed E-state index contributed by atoms with van der Waals surface area (Å²) in [5, 5.41) is -0.531. The first kappa shape index (κ1) is 21.9. The van der Waals surface area contributed by atoms with Crippen LogP contribution in [0.15, 0.2) is 51.8 Å². The summed E-state index contributed by atoms with van der Waals surface area (Å²) >= 11 is 4.15. The molecule has 0 aliphatic carbocycles. The number of para-hydroxylation sites is 1. The summed E-state index contributed by atoms with van der Waals surface area (Å²) in [6.45, 7) is -0.137. The molecule has 1 aliphatic heterocycles.